The summed E-state index contributed by atoms with van der Waals surface area (Å²) in [5.41, 5.74) is 1.53. The Kier molecular flexibility index (Phi) is 5.86. The number of likely N-dealkylation sites (N-methyl/N-ethyl adjacent to an activating group) is 1. The van der Waals surface area contributed by atoms with E-state index in [4.69, 9.17) is 16.3 Å². The fraction of sp³-hybridized carbons (Fsp3) is 0.300. The van der Waals surface area contributed by atoms with Crippen molar-refractivity contribution in [2.45, 2.75) is 24.3 Å². The lowest BCUT2D eigenvalue weighted by atomic mass is 10.2. The molecule has 0 saturated heterocycles. The summed E-state index contributed by atoms with van der Waals surface area (Å²) < 4.78 is 32.9. The van der Waals surface area contributed by atoms with Gasteiger partial charge in [0.15, 0.2) is 6.10 Å². The van der Waals surface area contributed by atoms with Crippen LogP contribution in [0, 0.1) is 0 Å². The Labute approximate surface area is 174 Å². The van der Waals surface area contributed by atoms with Crippen LogP contribution in [0.1, 0.15) is 22.8 Å². The molecule has 1 aliphatic rings. The van der Waals surface area contributed by atoms with Crippen LogP contribution in [0.3, 0.4) is 0 Å². The Balaban J connectivity index is 1.92. The topological polar surface area (TPSA) is 84.0 Å². The summed E-state index contributed by atoms with van der Waals surface area (Å²) in [6.45, 7) is 1.75. The van der Waals surface area contributed by atoms with Crippen molar-refractivity contribution in [1.29, 1.82) is 0 Å². The summed E-state index contributed by atoms with van der Waals surface area (Å²) in [7, 11) is -0.880. The van der Waals surface area contributed by atoms with E-state index >= 15 is 0 Å². The van der Waals surface area contributed by atoms with Crippen LogP contribution in [-0.4, -0.2) is 51.9 Å². The molecule has 9 heteroatoms. The molecule has 0 bridgehead atoms. The summed E-state index contributed by atoms with van der Waals surface area (Å²) in [5.74, 6) is -1.18. The van der Waals surface area contributed by atoms with Gasteiger partial charge in [-0.05, 0) is 43.2 Å². The quantitative estimate of drug-likeness (QED) is 0.673. The fourth-order valence-corrected chi connectivity index (χ4v) is 5.15. The average Bonchev–Trinajstić information content (AvgIpc) is 3.12. The minimum atomic E-state index is -3.98. The van der Waals surface area contributed by atoms with E-state index in [1.165, 1.54) is 34.3 Å². The maximum Gasteiger partial charge on any atom is 0.338 e. The number of carbonyl (C=O) groups is 2. The van der Waals surface area contributed by atoms with Crippen LogP contribution < -0.4 is 4.31 Å². The van der Waals surface area contributed by atoms with E-state index in [0.29, 0.717) is 18.7 Å². The third-order valence-corrected chi connectivity index (χ3v) is 6.95. The predicted octanol–water partition coefficient (Wildman–Crippen LogP) is 2.72. The van der Waals surface area contributed by atoms with Crippen LogP contribution in [0.25, 0.3) is 0 Å². The van der Waals surface area contributed by atoms with Gasteiger partial charge in [-0.25, -0.2) is 13.2 Å². The van der Waals surface area contributed by atoms with Crippen molar-refractivity contribution >= 4 is 39.2 Å². The van der Waals surface area contributed by atoms with Gasteiger partial charge in [0.25, 0.3) is 15.9 Å². The van der Waals surface area contributed by atoms with Gasteiger partial charge in [0, 0.05) is 20.6 Å². The van der Waals surface area contributed by atoms with Crippen molar-refractivity contribution in [3.63, 3.8) is 0 Å². The summed E-state index contributed by atoms with van der Waals surface area (Å²) in [5, 5.41) is 0.00310. The van der Waals surface area contributed by atoms with E-state index in [1.54, 1.807) is 26.2 Å². The largest absolute Gasteiger partial charge is 0.449 e. The summed E-state index contributed by atoms with van der Waals surface area (Å²) in [6, 6.07) is 11.1. The molecule has 29 heavy (non-hydrogen) atoms. The molecule has 0 spiro atoms. The first-order valence-corrected chi connectivity index (χ1v) is 10.8. The predicted molar refractivity (Wildman–Crippen MR) is 110 cm³/mol. The van der Waals surface area contributed by atoms with E-state index in [-0.39, 0.29) is 21.4 Å². The van der Waals surface area contributed by atoms with E-state index in [1.807, 2.05) is 12.1 Å². The zero-order valence-corrected chi connectivity index (χ0v) is 17.8. The smallest absolute Gasteiger partial charge is 0.338 e. The normalized spacial score (nSPS) is 14.3. The second-order valence-electron chi connectivity index (χ2n) is 6.88. The highest BCUT2D eigenvalue weighted by atomic mass is 35.5. The second kappa shape index (κ2) is 8.04. The van der Waals surface area contributed by atoms with E-state index in [2.05, 4.69) is 0 Å². The van der Waals surface area contributed by atoms with Gasteiger partial charge in [0.05, 0.1) is 16.3 Å². The molecule has 0 saturated carbocycles. The molecule has 1 unspecified atom stereocenters. The highest BCUT2D eigenvalue weighted by Crippen LogP contribution is 2.35. The van der Waals surface area contributed by atoms with Crippen LogP contribution in [0.4, 0.5) is 5.69 Å². The number of sulfonamides is 1. The number of halogens is 1. The number of ether oxygens (including phenoxy) is 1. The Bertz CT molecular complexity index is 1070. The molecule has 0 radical (unpaired) electrons. The van der Waals surface area contributed by atoms with Gasteiger partial charge in [-0.15, -0.1) is 0 Å². The molecular weight excluding hydrogens is 416 g/mol. The Morgan fingerprint density at radius 3 is 2.55 bits per heavy atom. The summed E-state index contributed by atoms with van der Waals surface area (Å²) in [4.78, 5) is 25.5. The maximum atomic E-state index is 13.2. The van der Waals surface area contributed by atoms with Crippen LogP contribution in [0.5, 0.6) is 0 Å². The average molecular weight is 437 g/mol. The highest BCUT2D eigenvalue weighted by molar-refractivity contribution is 7.93. The Morgan fingerprint density at radius 1 is 1.17 bits per heavy atom. The van der Waals surface area contributed by atoms with Crippen molar-refractivity contribution < 1.29 is 22.7 Å². The molecule has 1 amide bonds. The molecule has 2 aromatic rings. The number of amides is 1. The minimum absolute atomic E-state index is 0.00105. The molecule has 0 N–H and O–H groups in total. The van der Waals surface area contributed by atoms with E-state index < -0.39 is 22.1 Å². The first kappa shape index (κ1) is 21.1. The van der Waals surface area contributed by atoms with Crippen molar-refractivity contribution in [2.75, 3.05) is 24.9 Å². The summed E-state index contributed by atoms with van der Waals surface area (Å²) in [6.07, 6.45) is -0.405. The molecule has 154 valence electrons. The minimum Gasteiger partial charge on any atom is -0.449 e. The number of benzene rings is 2. The third-order valence-electron chi connectivity index (χ3n) is 4.65. The highest BCUT2D eigenvalue weighted by Gasteiger charge is 2.33. The van der Waals surface area contributed by atoms with Gasteiger partial charge < -0.3 is 9.64 Å². The second-order valence-corrected chi connectivity index (χ2v) is 9.12. The Morgan fingerprint density at radius 2 is 1.86 bits per heavy atom. The van der Waals surface area contributed by atoms with Crippen LogP contribution in [0.15, 0.2) is 47.4 Å². The molecule has 1 atom stereocenters. The number of esters is 1. The van der Waals surface area contributed by atoms with Crippen LogP contribution >= 0.6 is 11.6 Å². The molecular formula is C20H21ClN2O5S. The molecule has 0 aliphatic carbocycles. The number of fused-ring (bicyclic) bond motifs is 1. The number of para-hydroxylation sites is 1. The third kappa shape index (κ3) is 4.09. The number of hydrogen-bond acceptors (Lipinski definition) is 5. The molecule has 2 aromatic carbocycles. The molecule has 3 rings (SSSR count). The van der Waals surface area contributed by atoms with Gasteiger partial charge in [-0.3, -0.25) is 9.10 Å². The van der Waals surface area contributed by atoms with Gasteiger partial charge in [-0.1, -0.05) is 29.8 Å². The first-order valence-electron chi connectivity index (χ1n) is 8.95. The monoisotopic (exact) mass is 436 g/mol. The van der Waals surface area contributed by atoms with Gasteiger partial charge in [-0.2, -0.15) is 0 Å². The molecule has 1 aliphatic heterocycles. The zero-order chi connectivity index (χ0) is 21.3. The fourth-order valence-electron chi connectivity index (χ4n) is 3.15. The lowest BCUT2D eigenvalue weighted by molar-refractivity contribution is -0.137. The number of carbonyl (C=O) groups excluding carboxylic acids is 2. The number of hydrogen-bond donors (Lipinski definition) is 0. The summed E-state index contributed by atoms with van der Waals surface area (Å²) >= 11 is 6.17. The van der Waals surface area contributed by atoms with Crippen LogP contribution in [0.2, 0.25) is 5.02 Å². The van der Waals surface area contributed by atoms with E-state index in [9.17, 15) is 18.0 Å². The zero-order valence-electron chi connectivity index (χ0n) is 16.3. The van der Waals surface area contributed by atoms with Gasteiger partial charge in [0.2, 0.25) is 0 Å². The van der Waals surface area contributed by atoms with Crippen molar-refractivity contribution in [3.05, 3.63) is 58.6 Å². The van der Waals surface area contributed by atoms with Crippen molar-refractivity contribution in [1.82, 2.24) is 4.90 Å². The first-order chi connectivity index (χ1) is 13.6. The lowest BCUT2D eigenvalue weighted by Crippen LogP contribution is -2.35. The lowest BCUT2D eigenvalue weighted by Gasteiger charge is -2.21. The van der Waals surface area contributed by atoms with Crippen molar-refractivity contribution in [2.24, 2.45) is 0 Å². The number of nitrogens with zero attached hydrogens (tertiary/aromatic N) is 2. The standard InChI is InChI=1S/C20H21ClN2O5S/c1-13(19(24)22(2)3)28-20(25)15-8-9-16(21)18(12-15)29(26,27)23-11-10-14-6-4-5-7-17(14)23/h4-9,12-13H,10-11H2,1-3H3. The molecule has 1 heterocycles. The molecule has 0 fully saturated rings. The molecule has 0 aromatic heterocycles. The van der Waals surface area contributed by atoms with Gasteiger partial charge in [0.1, 0.15) is 4.90 Å². The van der Waals surface area contributed by atoms with E-state index in [0.717, 1.165) is 5.56 Å². The number of anilines is 1. The van der Waals surface area contributed by atoms with Crippen LogP contribution in [-0.2, 0) is 26.0 Å². The van der Waals surface area contributed by atoms with Crippen molar-refractivity contribution in [3.8, 4) is 0 Å². The SMILES string of the molecule is CC(OC(=O)c1ccc(Cl)c(S(=O)(=O)N2CCc3ccccc32)c1)C(=O)N(C)C. The Hall–Kier alpha value is -2.58. The number of rotatable bonds is 5. The van der Waals surface area contributed by atoms with Gasteiger partial charge >= 0.3 is 5.97 Å². The molecule has 7 nitrogen and oxygen atoms in total. The maximum absolute atomic E-state index is 13.2.